The van der Waals surface area contributed by atoms with E-state index in [1.54, 1.807) is 6.07 Å². The first kappa shape index (κ1) is 18.1. The fourth-order valence-electron chi connectivity index (χ4n) is 2.54. The van der Waals surface area contributed by atoms with E-state index in [9.17, 15) is 9.18 Å². The first-order chi connectivity index (χ1) is 12.5. The average Bonchev–Trinajstić information content (AvgIpc) is 2.97. The monoisotopic (exact) mass is 370 g/mol. The molecule has 0 radical (unpaired) electrons. The highest BCUT2D eigenvalue weighted by atomic mass is 32.2. The van der Waals surface area contributed by atoms with Crippen molar-refractivity contribution >= 4 is 23.4 Å². The quantitative estimate of drug-likeness (QED) is 0.691. The molecule has 0 bridgehead atoms. The van der Waals surface area contributed by atoms with Crippen LogP contribution >= 0.6 is 11.8 Å². The molecule has 1 N–H and O–H groups in total. The topological polar surface area (TPSA) is 59.8 Å². The summed E-state index contributed by atoms with van der Waals surface area (Å²) in [6, 6.07) is 12.3. The minimum atomic E-state index is -0.380. The maximum Gasteiger partial charge on any atom is 0.234 e. The van der Waals surface area contributed by atoms with Crippen molar-refractivity contribution in [2.24, 2.45) is 7.05 Å². The van der Waals surface area contributed by atoms with Crippen molar-refractivity contribution in [3.05, 3.63) is 59.4 Å². The Morgan fingerprint density at radius 1 is 1.15 bits per heavy atom. The van der Waals surface area contributed by atoms with Gasteiger partial charge in [-0.1, -0.05) is 42.1 Å². The summed E-state index contributed by atoms with van der Waals surface area (Å²) in [6.45, 7) is 3.84. The van der Waals surface area contributed by atoms with Crippen molar-refractivity contribution in [1.29, 1.82) is 0 Å². The average molecular weight is 370 g/mol. The van der Waals surface area contributed by atoms with Gasteiger partial charge >= 0.3 is 0 Å². The third-order valence-corrected chi connectivity index (χ3v) is 5.05. The van der Waals surface area contributed by atoms with Gasteiger partial charge in [0.15, 0.2) is 11.0 Å². The van der Waals surface area contributed by atoms with E-state index in [0.717, 1.165) is 22.5 Å². The van der Waals surface area contributed by atoms with Crippen molar-refractivity contribution in [3.8, 4) is 11.4 Å². The smallest absolute Gasteiger partial charge is 0.234 e. The molecule has 7 heteroatoms. The van der Waals surface area contributed by atoms with Crippen LogP contribution in [-0.2, 0) is 11.8 Å². The molecule has 0 atom stereocenters. The minimum absolute atomic E-state index is 0.162. The summed E-state index contributed by atoms with van der Waals surface area (Å²) in [4.78, 5) is 12.2. The fraction of sp³-hybridized carbons (Fsp3) is 0.211. The summed E-state index contributed by atoms with van der Waals surface area (Å²) < 4.78 is 15.2. The zero-order chi connectivity index (χ0) is 18.7. The van der Waals surface area contributed by atoms with Crippen LogP contribution < -0.4 is 5.32 Å². The second-order valence-electron chi connectivity index (χ2n) is 5.98. The Hall–Kier alpha value is -2.67. The summed E-state index contributed by atoms with van der Waals surface area (Å²) in [6.07, 6.45) is 0. The number of hydrogen-bond acceptors (Lipinski definition) is 4. The van der Waals surface area contributed by atoms with Crippen LogP contribution in [0, 0.1) is 19.7 Å². The molecule has 1 aromatic heterocycles. The molecule has 1 heterocycles. The molecule has 26 heavy (non-hydrogen) atoms. The zero-order valence-electron chi connectivity index (χ0n) is 14.8. The normalized spacial score (nSPS) is 10.8. The Labute approximate surface area is 155 Å². The van der Waals surface area contributed by atoms with Gasteiger partial charge in [0, 0.05) is 18.3 Å². The molecule has 0 fully saturated rings. The number of aryl methyl sites for hydroxylation is 2. The number of halogens is 1. The van der Waals surface area contributed by atoms with E-state index in [1.165, 1.54) is 23.9 Å². The van der Waals surface area contributed by atoms with Gasteiger partial charge in [0.2, 0.25) is 5.91 Å². The number of carbonyl (C=O) groups is 1. The Morgan fingerprint density at radius 2 is 1.92 bits per heavy atom. The molecule has 134 valence electrons. The largest absolute Gasteiger partial charge is 0.325 e. The standard InChI is InChI=1S/C19H19FN4OS/c1-12-6-4-5-7-15(12)18-22-23-19(24(18)3)26-11-17(25)21-16-10-14(20)9-8-13(16)2/h4-10H,11H2,1-3H3,(H,21,25). The van der Waals surface area contributed by atoms with E-state index >= 15 is 0 Å². The third kappa shape index (κ3) is 3.94. The number of rotatable bonds is 5. The Morgan fingerprint density at radius 3 is 2.69 bits per heavy atom. The van der Waals surface area contributed by atoms with Gasteiger partial charge in [-0.3, -0.25) is 4.79 Å². The second kappa shape index (κ2) is 7.70. The number of nitrogens with zero attached hydrogens (tertiary/aromatic N) is 3. The summed E-state index contributed by atoms with van der Waals surface area (Å²) in [5, 5.41) is 11.8. The molecular weight excluding hydrogens is 351 g/mol. The van der Waals surface area contributed by atoms with E-state index in [0.29, 0.717) is 10.8 Å². The molecule has 3 rings (SSSR count). The molecule has 0 aliphatic rings. The second-order valence-corrected chi connectivity index (χ2v) is 6.92. The molecule has 0 aliphatic carbocycles. The van der Waals surface area contributed by atoms with Crippen LogP contribution in [-0.4, -0.2) is 26.4 Å². The third-order valence-electron chi connectivity index (χ3n) is 4.03. The van der Waals surface area contributed by atoms with E-state index < -0.39 is 0 Å². The minimum Gasteiger partial charge on any atom is -0.325 e. The number of hydrogen-bond donors (Lipinski definition) is 1. The predicted molar refractivity (Wildman–Crippen MR) is 102 cm³/mol. The molecule has 0 aliphatic heterocycles. The summed E-state index contributed by atoms with van der Waals surface area (Å²) in [7, 11) is 1.87. The van der Waals surface area contributed by atoms with Gasteiger partial charge in [-0.25, -0.2) is 4.39 Å². The molecule has 1 amide bonds. The Balaban J connectivity index is 1.68. The van der Waals surface area contributed by atoms with Gasteiger partial charge in [-0.15, -0.1) is 10.2 Å². The van der Waals surface area contributed by atoms with Crippen LogP contribution in [0.3, 0.4) is 0 Å². The summed E-state index contributed by atoms with van der Waals surface area (Å²) in [5.41, 5.74) is 3.41. The van der Waals surface area contributed by atoms with E-state index in [-0.39, 0.29) is 17.5 Å². The van der Waals surface area contributed by atoms with Gasteiger partial charge in [0.25, 0.3) is 0 Å². The SMILES string of the molecule is Cc1ccc(F)cc1NC(=O)CSc1nnc(-c2ccccc2C)n1C. The van der Waals surface area contributed by atoms with Crippen LogP contribution in [0.4, 0.5) is 10.1 Å². The zero-order valence-corrected chi connectivity index (χ0v) is 15.6. The highest BCUT2D eigenvalue weighted by molar-refractivity contribution is 7.99. The van der Waals surface area contributed by atoms with Crippen LogP contribution in [0.25, 0.3) is 11.4 Å². The van der Waals surface area contributed by atoms with Gasteiger partial charge < -0.3 is 9.88 Å². The first-order valence-electron chi connectivity index (χ1n) is 8.10. The van der Waals surface area contributed by atoms with Crippen LogP contribution in [0.5, 0.6) is 0 Å². The highest BCUT2D eigenvalue weighted by Crippen LogP contribution is 2.25. The lowest BCUT2D eigenvalue weighted by molar-refractivity contribution is -0.113. The molecule has 0 spiro atoms. The van der Waals surface area contributed by atoms with Crippen molar-refractivity contribution in [3.63, 3.8) is 0 Å². The Bertz CT molecular complexity index is 954. The van der Waals surface area contributed by atoms with Gasteiger partial charge in [0.1, 0.15) is 5.82 Å². The highest BCUT2D eigenvalue weighted by Gasteiger charge is 2.14. The number of amides is 1. The number of benzene rings is 2. The number of thioether (sulfide) groups is 1. The lowest BCUT2D eigenvalue weighted by Gasteiger charge is -2.08. The maximum absolute atomic E-state index is 13.3. The molecule has 5 nitrogen and oxygen atoms in total. The number of anilines is 1. The van der Waals surface area contributed by atoms with Crippen molar-refractivity contribution in [1.82, 2.24) is 14.8 Å². The molecule has 0 saturated carbocycles. The molecule has 3 aromatic rings. The molecule has 2 aromatic carbocycles. The Kier molecular flexibility index (Phi) is 5.37. The van der Waals surface area contributed by atoms with E-state index in [4.69, 9.17) is 0 Å². The van der Waals surface area contributed by atoms with E-state index in [1.807, 2.05) is 49.7 Å². The van der Waals surface area contributed by atoms with Crippen molar-refractivity contribution < 1.29 is 9.18 Å². The lowest BCUT2D eigenvalue weighted by atomic mass is 10.1. The van der Waals surface area contributed by atoms with Gasteiger partial charge in [-0.2, -0.15) is 0 Å². The summed E-state index contributed by atoms with van der Waals surface area (Å²) in [5.74, 6) is 0.321. The summed E-state index contributed by atoms with van der Waals surface area (Å²) >= 11 is 1.29. The van der Waals surface area contributed by atoms with Crippen LogP contribution in [0.2, 0.25) is 0 Å². The lowest BCUT2D eigenvalue weighted by Crippen LogP contribution is -2.15. The van der Waals surface area contributed by atoms with E-state index in [2.05, 4.69) is 15.5 Å². The molecular formula is C19H19FN4OS. The van der Waals surface area contributed by atoms with Crippen molar-refractivity contribution in [2.45, 2.75) is 19.0 Å². The van der Waals surface area contributed by atoms with Gasteiger partial charge in [-0.05, 0) is 37.1 Å². The van der Waals surface area contributed by atoms with Crippen LogP contribution in [0.1, 0.15) is 11.1 Å². The van der Waals surface area contributed by atoms with Gasteiger partial charge in [0.05, 0.1) is 5.75 Å². The first-order valence-corrected chi connectivity index (χ1v) is 9.08. The number of aromatic nitrogens is 3. The fourth-order valence-corrected chi connectivity index (χ4v) is 3.26. The number of carbonyl (C=O) groups excluding carboxylic acids is 1. The van der Waals surface area contributed by atoms with Crippen LogP contribution in [0.15, 0.2) is 47.6 Å². The molecule has 0 unspecified atom stereocenters. The maximum atomic E-state index is 13.3. The number of nitrogens with one attached hydrogen (secondary N) is 1. The van der Waals surface area contributed by atoms with Crippen molar-refractivity contribution in [2.75, 3.05) is 11.1 Å². The predicted octanol–water partition coefficient (Wildman–Crippen LogP) is 3.97. The molecule has 0 saturated heterocycles.